The summed E-state index contributed by atoms with van der Waals surface area (Å²) in [6.07, 6.45) is 10.0. The van der Waals surface area contributed by atoms with Crippen LogP contribution in [0.25, 0.3) is 0 Å². The molecule has 3 aliphatic rings. The molecule has 156 valence electrons. The molecule has 0 bridgehead atoms. The van der Waals surface area contributed by atoms with Gasteiger partial charge in [0.25, 0.3) is 5.56 Å². The summed E-state index contributed by atoms with van der Waals surface area (Å²) in [5.41, 5.74) is 2.42. The van der Waals surface area contributed by atoms with E-state index in [1.54, 1.807) is 4.68 Å². The van der Waals surface area contributed by atoms with E-state index in [4.69, 9.17) is 0 Å². The Morgan fingerprint density at radius 3 is 1.93 bits per heavy atom. The predicted molar refractivity (Wildman–Crippen MR) is 113 cm³/mol. The van der Waals surface area contributed by atoms with Gasteiger partial charge in [0.05, 0.1) is 12.2 Å². The Bertz CT molecular complexity index is 672. The molecule has 1 aliphatic carbocycles. The molecule has 1 aromatic rings. The second-order valence-corrected chi connectivity index (χ2v) is 8.82. The van der Waals surface area contributed by atoms with Gasteiger partial charge in [0, 0.05) is 51.9 Å². The van der Waals surface area contributed by atoms with Crippen LogP contribution < -0.4 is 5.56 Å². The van der Waals surface area contributed by atoms with E-state index in [-0.39, 0.29) is 5.56 Å². The van der Waals surface area contributed by atoms with E-state index in [1.807, 2.05) is 6.07 Å². The summed E-state index contributed by atoms with van der Waals surface area (Å²) in [5.74, 6) is 0. The van der Waals surface area contributed by atoms with Crippen LogP contribution in [0.15, 0.2) is 10.9 Å². The molecule has 6 heteroatoms. The molecule has 2 fully saturated rings. The Balaban J connectivity index is 1.19. The molecule has 0 atom stereocenters. The van der Waals surface area contributed by atoms with Crippen LogP contribution in [0.2, 0.25) is 0 Å². The number of rotatable bonds is 6. The summed E-state index contributed by atoms with van der Waals surface area (Å²) in [4.78, 5) is 20.1. The van der Waals surface area contributed by atoms with Gasteiger partial charge in [-0.05, 0) is 57.2 Å². The molecule has 0 radical (unpaired) electrons. The zero-order chi connectivity index (χ0) is 19.2. The molecule has 0 spiro atoms. The maximum atomic E-state index is 12.3. The molecule has 28 heavy (non-hydrogen) atoms. The zero-order valence-corrected chi connectivity index (χ0v) is 17.4. The highest BCUT2D eigenvalue weighted by Crippen LogP contribution is 2.17. The fourth-order valence-corrected chi connectivity index (χ4v) is 4.88. The quantitative estimate of drug-likeness (QED) is 0.742. The number of fused-ring (bicyclic) bond motifs is 1. The molecular weight excluding hydrogens is 350 g/mol. The molecule has 2 saturated heterocycles. The van der Waals surface area contributed by atoms with Gasteiger partial charge in [-0.3, -0.25) is 14.6 Å². The zero-order valence-electron chi connectivity index (χ0n) is 17.4. The normalized spacial score (nSPS) is 22.7. The van der Waals surface area contributed by atoms with Gasteiger partial charge in [0.1, 0.15) is 0 Å². The van der Waals surface area contributed by atoms with Gasteiger partial charge in [0.15, 0.2) is 0 Å². The topological polar surface area (TPSA) is 44.6 Å². The number of hydrogen-bond acceptors (Lipinski definition) is 5. The second kappa shape index (κ2) is 9.99. The van der Waals surface area contributed by atoms with Crippen molar-refractivity contribution in [2.24, 2.45) is 0 Å². The monoisotopic (exact) mass is 387 g/mol. The van der Waals surface area contributed by atoms with Crippen molar-refractivity contribution in [3.63, 3.8) is 0 Å². The lowest BCUT2D eigenvalue weighted by atomic mass is 9.97. The molecule has 0 amide bonds. The molecule has 0 unspecified atom stereocenters. The maximum Gasteiger partial charge on any atom is 0.267 e. The summed E-state index contributed by atoms with van der Waals surface area (Å²) < 4.78 is 1.70. The molecule has 1 aromatic heterocycles. The van der Waals surface area contributed by atoms with Crippen molar-refractivity contribution < 1.29 is 0 Å². The van der Waals surface area contributed by atoms with Crippen LogP contribution in [0.3, 0.4) is 0 Å². The first kappa shape index (κ1) is 20.0. The average Bonchev–Trinajstić information content (AvgIpc) is 3.00. The highest BCUT2D eigenvalue weighted by Gasteiger charge is 2.19. The van der Waals surface area contributed by atoms with Crippen molar-refractivity contribution in [1.29, 1.82) is 0 Å². The Labute approximate surface area is 169 Å². The average molecular weight is 388 g/mol. The SMILES string of the molecule is O=c1cc2c(nn1CCN1CCN(CCN3CCCCCC3)CC1)CCCC2. The Morgan fingerprint density at radius 1 is 0.679 bits per heavy atom. The van der Waals surface area contributed by atoms with Crippen LogP contribution in [0.5, 0.6) is 0 Å². The van der Waals surface area contributed by atoms with Crippen molar-refractivity contribution in [2.75, 3.05) is 58.9 Å². The van der Waals surface area contributed by atoms with Crippen molar-refractivity contribution in [1.82, 2.24) is 24.5 Å². The highest BCUT2D eigenvalue weighted by atomic mass is 16.1. The number of aryl methyl sites for hydroxylation is 2. The maximum absolute atomic E-state index is 12.3. The number of hydrogen-bond donors (Lipinski definition) is 0. The van der Waals surface area contributed by atoms with E-state index in [1.165, 1.54) is 70.3 Å². The Hall–Kier alpha value is -1.24. The fourth-order valence-electron chi connectivity index (χ4n) is 4.88. The molecule has 6 nitrogen and oxygen atoms in total. The number of nitrogens with zero attached hydrogens (tertiary/aromatic N) is 5. The molecule has 4 rings (SSSR count). The highest BCUT2D eigenvalue weighted by molar-refractivity contribution is 5.20. The van der Waals surface area contributed by atoms with Crippen LogP contribution in [0, 0.1) is 0 Å². The molecular formula is C22H37N5O. The molecule has 0 saturated carbocycles. The van der Waals surface area contributed by atoms with E-state index in [0.717, 1.165) is 57.8 Å². The summed E-state index contributed by atoms with van der Waals surface area (Å²) in [6, 6.07) is 1.84. The van der Waals surface area contributed by atoms with Gasteiger partial charge in [-0.1, -0.05) is 12.8 Å². The Kier molecular flexibility index (Phi) is 7.15. The van der Waals surface area contributed by atoms with E-state index in [9.17, 15) is 4.79 Å². The third-order valence-electron chi connectivity index (χ3n) is 6.80. The summed E-state index contributed by atoms with van der Waals surface area (Å²) in [7, 11) is 0. The first-order valence-corrected chi connectivity index (χ1v) is 11.5. The van der Waals surface area contributed by atoms with E-state index in [2.05, 4.69) is 19.8 Å². The van der Waals surface area contributed by atoms with Crippen molar-refractivity contribution in [3.8, 4) is 0 Å². The number of aromatic nitrogens is 2. The lowest BCUT2D eigenvalue weighted by Gasteiger charge is -2.35. The molecule has 0 N–H and O–H groups in total. The predicted octanol–water partition coefficient (Wildman–Crippen LogP) is 1.62. The summed E-state index contributed by atoms with van der Waals surface area (Å²) in [5, 5.41) is 4.66. The van der Waals surface area contributed by atoms with Crippen LogP contribution >= 0.6 is 0 Å². The minimum Gasteiger partial charge on any atom is -0.302 e. The first-order chi connectivity index (χ1) is 13.8. The van der Waals surface area contributed by atoms with Crippen LogP contribution in [-0.4, -0.2) is 83.4 Å². The third kappa shape index (κ3) is 5.43. The summed E-state index contributed by atoms with van der Waals surface area (Å²) in [6.45, 7) is 11.2. The van der Waals surface area contributed by atoms with Gasteiger partial charge in [-0.25, -0.2) is 4.68 Å². The minimum atomic E-state index is 0.0803. The largest absolute Gasteiger partial charge is 0.302 e. The van der Waals surface area contributed by atoms with Crippen LogP contribution in [-0.2, 0) is 19.4 Å². The number of piperazine rings is 1. The smallest absolute Gasteiger partial charge is 0.267 e. The first-order valence-electron chi connectivity index (χ1n) is 11.5. The van der Waals surface area contributed by atoms with Crippen molar-refractivity contribution in [3.05, 3.63) is 27.7 Å². The lowest BCUT2D eigenvalue weighted by Crippen LogP contribution is -2.49. The summed E-state index contributed by atoms with van der Waals surface area (Å²) >= 11 is 0. The van der Waals surface area contributed by atoms with E-state index in [0.29, 0.717) is 0 Å². The van der Waals surface area contributed by atoms with Gasteiger partial charge < -0.3 is 4.90 Å². The molecule has 0 aromatic carbocycles. The second-order valence-electron chi connectivity index (χ2n) is 8.82. The standard InChI is InChI=1S/C22H37N5O/c28-22-19-20-7-3-4-8-21(20)23-27(22)18-17-26-15-13-25(14-16-26)12-11-24-9-5-1-2-6-10-24/h19H,1-18H2. The van der Waals surface area contributed by atoms with Gasteiger partial charge in [0.2, 0.25) is 0 Å². The number of likely N-dealkylation sites (tertiary alicyclic amines) is 1. The third-order valence-corrected chi connectivity index (χ3v) is 6.80. The molecule has 2 aliphatic heterocycles. The minimum absolute atomic E-state index is 0.0803. The molecule has 3 heterocycles. The lowest BCUT2D eigenvalue weighted by molar-refractivity contribution is 0.115. The van der Waals surface area contributed by atoms with Crippen molar-refractivity contribution in [2.45, 2.75) is 57.9 Å². The van der Waals surface area contributed by atoms with E-state index >= 15 is 0 Å². The van der Waals surface area contributed by atoms with Gasteiger partial charge in [-0.15, -0.1) is 0 Å². The van der Waals surface area contributed by atoms with E-state index < -0.39 is 0 Å². The Morgan fingerprint density at radius 2 is 1.25 bits per heavy atom. The van der Waals surface area contributed by atoms with Crippen molar-refractivity contribution >= 4 is 0 Å². The van der Waals surface area contributed by atoms with Crippen LogP contribution in [0.1, 0.15) is 49.8 Å². The van der Waals surface area contributed by atoms with Gasteiger partial charge >= 0.3 is 0 Å². The van der Waals surface area contributed by atoms with Crippen LogP contribution in [0.4, 0.5) is 0 Å². The fraction of sp³-hybridized carbons (Fsp3) is 0.818. The van der Waals surface area contributed by atoms with Gasteiger partial charge in [-0.2, -0.15) is 5.10 Å².